The van der Waals surface area contributed by atoms with Gasteiger partial charge in [-0.25, -0.2) is 9.78 Å². The van der Waals surface area contributed by atoms with Crippen molar-refractivity contribution >= 4 is 40.4 Å². The van der Waals surface area contributed by atoms with Gasteiger partial charge in [-0.1, -0.05) is 47.6 Å². The third-order valence-corrected chi connectivity index (χ3v) is 6.48. The van der Waals surface area contributed by atoms with Gasteiger partial charge in [0.2, 0.25) is 5.88 Å². The summed E-state index contributed by atoms with van der Waals surface area (Å²) < 4.78 is 11.1. The molecule has 0 aliphatic carbocycles. The summed E-state index contributed by atoms with van der Waals surface area (Å²) in [6.45, 7) is 1.99. The first-order chi connectivity index (χ1) is 16.0. The molecular weight excluding hydrogens is 458 g/mol. The summed E-state index contributed by atoms with van der Waals surface area (Å²) in [6.07, 6.45) is 0. The Labute approximate surface area is 199 Å². The first-order valence-electron chi connectivity index (χ1n) is 10.4. The van der Waals surface area contributed by atoms with E-state index in [-0.39, 0.29) is 18.1 Å². The smallest absolute Gasteiger partial charge is 0.340 e. The zero-order chi connectivity index (χ0) is 22.9. The van der Waals surface area contributed by atoms with E-state index in [9.17, 15) is 4.79 Å². The van der Waals surface area contributed by atoms with Gasteiger partial charge in [0.1, 0.15) is 11.3 Å². The summed E-state index contributed by atoms with van der Waals surface area (Å²) in [6, 6.07) is 21.0. The Morgan fingerprint density at radius 1 is 1.18 bits per heavy atom. The number of fused-ring (bicyclic) bond motifs is 2. The van der Waals surface area contributed by atoms with Crippen LogP contribution in [0.1, 0.15) is 24.0 Å². The van der Waals surface area contributed by atoms with E-state index in [0.29, 0.717) is 10.8 Å². The Bertz CT molecular complexity index is 1350. The van der Waals surface area contributed by atoms with Gasteiger partial charge in [0.15, 0.2) is 5.16 Å². The Balaban J connectivity index is 1.58. The summed E-state index contributed by atoms with van der Waals surface area (Å²) in [5, 5.41) is 1.38. The number of rotatable bonds is 5. The van der Waals surface area contributed by atoms with Gasteiger partial charge in [-0.15, -0.1) is 0 Å². The molecule has 6 nitrogen and oxygen atoms in total. The molecule has 1 aliphatic rings. The van der Waals surface area contributed by atoms with Crippen LogP contribution < -0.4 is 10.5 Å². The molecule has 0 saturated heterocycles. The second kappa shape index (κ2) is 8.84. The zero-order valence-corrected chi connectivity index (χ0v) is 19.2. The number of carbonyl (C=O) groups is 1. The highest BCUT2D eigenvalue weighted by molar-refractivity contribution is 7.99. The maximum atomic E-state index is 12.9. The lowest BCUT2D eigenvalue weighted by Crippen LogP contribution is -2.27. The maximum Gasteiger partial charge on any atom is 0.340 e. The highest BCUT2D eigenvalue weighted by atomic mass is 35.5. The van der Waals surface area contributed by atoms with Crippen LogP contribution in [0.25, 0.3) is 11.0 Å². The summed E-state index contributed by atoms with van der Waals surface area (Å²) in [5.74, 6) is -0.328. The number of nitrogens with two attached hydrogens (primary N) is 1. The molecule has 0 fully saturated rings. The van der Waals surface area contributed by atoms with Crippen LogP contribution in [0.3, 0.4) is 0 Å². The van der Waals surface area contributed by atoms with Crippen molar-refractivity contribution in [1.82, 2.24) is 9.97 Å². The fraction of sp³-hybridized carbons (Fsp3) is 0.120. The Hall–Kier alpha value is -3.42. The average molecular weight is 478 g/mol. The monoisotopic (exact) mass is 477 g/mol. The fourth-order valence-electron chi connectivity index (χ4n) is 3.90. The van der Waals surface area contributed by atoms with E-state index < -0.39 is 11.9 Å². The van der Waals surface area contributed by atoms with Crippen LogP contribution in [0.4, 0.5) is 0 Å². The van der Waals surface area contributed by atoms with Crippen LogP contribution in [0, 0.1) is 0 Å². The first-order valence-corrected chi connectivity index (χ1v) is 11.6. The predicted octanol–water partition coefficient (Wildman–Crippen LogP) is 5.63. The van der Waals surface area contributed by atoms with E-state index in [1.165, 1.54) is 11.8 Å². The zero-order valence-electron chi connectivity index (χ0n) is 17.7. The Morgan fingerprint density at radius 3 is 2.73 bits per heavy atom. The quantitative estimate of drug-likeness (QED) is 0.362. The molecule has 8 heteroatoms. The van der Waals surface area contributed by atoms with E-state index >= 15 is 0 Å². The van der Waals surface area contributed by atoms with E-state index in [2.05, 4.69) is 9.97 Å². The lowest BCUT2D eigenvalue weighted by molar-refractivity contribution is -0.139. The number of carbonyl (C=O) groups excluding carboxylic acids is 1. The molecule has 0 radical (unpaired) electrons. The number of aromatic amines is 1. The molecular formula is C25H20ClN3O3S. The molecule has 33 heavy (non-hydrogen) atoms. The summed E-state index contributed by atoms with van der Waals surface area (Å²) in [5.41, 5.74) is 10.0. The number of ether oxygens (including phenoxy) is 2. The van der Waals surface area contributed by atoms with Gasteiger partial charge in [0.25, 0.3) is 0 Å². The third kappa shape index (κ3) is 4.17. The van der Waals surface area contributed by atoms with Crippen molar-refractivity contribution in [2.24, 2.45) is 5.73 Å². The normalized spacial score (nSPS) is 15.3. The number of hydrogen-bond acceptors (Lipinski definition) is 6. The molecule has 2 heterocycles. The Kier molecular flexibility index (Phi) is 5.74. The predicted molar refractivity (Wildman–Crippen MR) is 128 cm³/mol. The van der Waals surface area contributed by atoms with Crippen LogP contribution in [-0.4, -0.2) is 22.5 Å². The van der Waals surface area contributed by atoms with Gasteiger partial charge in [0.05, 0.1) is 23.6 Å². The number of para-hydroxylation sites is 2. The highest BCUT2D eigenvalue weighted by Gasteiger charge is 2.35. The molecule has 3 N–H and O–H groups in total. The van der Waals surface area contributed by atoms with Crippen molar-refractivity contribution in [3.8, 4) is 5.75 Å². The van der Waals surface area contributed by atoms with Crippen molar-refractivity contribution < 1.29 is 14.3 Å². The molecule has 1 aliphatic heterocycles. The lowest BCUT2D eigenvalue weighted by Gasteiger charge is -2.29. The number of aromatic nitrogens is 2. The van der Waals surface area contributed by atoms with E-state index in [4.69, 9.17) is 26.8 Å². The van der Waals surface area contributed by atoms with Crippen molar-refractivity contribution in [3.05, 3.63) is 94.3 Å². The van der Waals surface area contributed by atoms with Crippen LogP contribution in [0.5, 0.6) is 5.75 Å². The van der Waals surface area contributed by atoms with Crippen molar-refractivity contribution in [2.75, 3.05) is 6.61 Å². The molecule has 5 rings (SSSR count). The van der Waals surface area contributed by atoms with Crippen LogP contribution in [0.15, 0.2) is 88.2 Å². The van der Waals surface area contributed by atoms with Gasteiger partial charge in [0, 0.05) is 15.5 Å². The third-order valence-electron chi connectivity index (χ3n) is 5.35. The molecule has 4 aromatic rings. The molecule has 0 spiro atoms. The maximum absolute atomic E-state index is 12.9. The SMILES string of the molecule is CCOC(=O)C1=C(N)Oc2ccc(Sc3nc4ccccc4[nH]3)cc2C1c1ccc(Cl)cc1. The molecule has 0 saturated carbocycles. The van der Waals surface area contributed by atoms with E-state index in [0.717, 1.165) is 32.2 Å². The second-order valence-electron chi connectivity index (χ2n) is 7.45. The molecule has 1 atom stereocenters. The lowest BCUT2D eigenvalue weighted by atomic mass is 9.83. The number of nitrogens with zero attached hydrogens (tertiary/aromatic N) is 1. The number of benzene rings is 3. The van der Waals surface area contributed by atoms with Crippen LogP contribution >= 0.6 is 23.4 Å². The minimum Gasteiger partial charge on any atom is -0.462 e. The van der Waals surface area contributed by atoms with Gasteiger partial charge in [-0.2, -0.15) is 0 Å². The van der Waals surface area contributed by atoms with Gasteiger partial charge in [-0.05, 0) is 55.0 Å². The first kappa shape index (κ1) is 21.4. The molecule has 0 bridgehead atoms. The summed E-state index contributed by atoms with van der Waals surface area (Å²) in [7, 11) is 0. The minimum atomic E-state index is -0.504. The van der Waals surface area contributed by atoms with Gasteiger partial charge in [-0.3, -0.25) is 0 Å². The highest BCUT2D eigenvalue weighted by Crippen LogP contribution is 2.45. The average Bonchev–Trinajstić information content (AvgIpc) is 3.21. The number of esters is 1. The number of hydrogen-bond donors (Lipinski definition) is 2. The van der Waals surface area contributed by atoms with Gasteiger partial charge >= 0.3 is 5.97 Å². The molecule has 1 unspecified atom stereocenters. The van der Waals surface area contributed by atoms with E-state index in [1.807, 2.05) is 54.6 Å². The minimum absolute atomic E-state index is 0.0404. The van der Waals surface area contributed by atoms with Crippen LogP contribution in [0.2, 0.25) is 5.02 Å². The summed E-state index contributed by atoms with van der Waals surface area (Å²) >= 11 is 7.61. The largest absolute Gasteiger partial charge is 0.462 e. The van der Waals surface area contributed by atoms with Crippen molar-refractivity contribution in [1.29, 1.82) is 0 Å². The molecule has 0 amide bonds. The molecule has 3 aromatic carbocycles. The van der Waals surface area contributed by atoms with Crippen LogP contribution in [-0.2, 0) is 9.53 Å². The Morgan fingerprint density at radius 2 is 1.97 bits per heavy atom. The summed E-state index contributed by atoms with van der Waals surface area (Å²) in [4.78, 5) is 21.8. The van der Waals surface area contributed by atoms with Gasteiger partial charge < -0.3 is 20.2 Å². The number of halogens is 1. The second-order valence-corrected chi connectivity index (χ2v) is 8.94. The molecule has 166 valence electrons. The number of imidazole rings is 1. The number of nitrogens with one attached hydrogen (secondary N) is 1. The molecule has 1 aromatic heterocycles. The fourth-order valence-corrected chi connectivity index (χ4v) is 4.87. The topological polar surface area (TPSA) is 90.2 Å². The van der Waals surface area contributed by atoms with E-state index in [1.54, 1.807) is 19.1 Å². The van der Waals surface area contributed by atoms with Crippen molar-refractivity contribution in [3.63, 3.8) is 0 Å². The standard InChI is InChI=1S/C25H20ClN3O3S/c1-2-31-24(30)22-21(14-7-9-15(26)10-8-14)17-13-16(11-12-20(17)32-23(22)27)33-25-28-18-5-3-4-6-19(18)29-25/h3-13,21H,2,27H2,1H3,(H,28,29). The van der Waals surface area contributed by atoms with Crippen molar-refractivity contribution in [2.45, 2.75) is 22.9 Å². The number of H-pyrrole nitrogens is 1.